The average molecular weight is 264 g/mol. The van der Waals surface area contributed by atoms with Crippen molar-refractivity contribution in [3.05, 3.63) is 34.6 Å². The standard InChI is InChI=1S/C12H16Cl2FN/c1-12(2,8-13)16(3)7-9-4-5-10(14)11(15)6-9/h4-6H,7-8H2,1-3H3. The molecule has 16 heavy (non-hydrogen) atoms. The molecule has 4 heteroatoms. The molecule has 1 rings (SSSR count). The van der Waals surface area contributed by atoms with E-state index >= 15 is 0 Å². The van der Waals surface area contributed by atoms with E-state index in [9.17, 15) is 4.39 Å². The highest BCUT2D eigenvalue weighted by Crippen LogP contribution is 2.20. The van der Waals surface area contributed by atoms with Crippen molar-refractivity contribution >= 4 is 23.2 Å². The van der Waals surface area contributed by atoms with Gasteiger partial charge in [-0.2, -0.15) is 0 Å². The molecule has 0 heterocycles. The largest absolute Gasteiger partial charge is 0.296 e. The van der Waals surface area contributed by atoms with Crippen LogP contribution in [0.15, 0.2) is 18.2 Å². The fourth-order valence-electron chi connectivity index (χ4n) is 1.23. The first-order valence-corrected chi connectivity index (χ1v) is 5.99. The van der Waals surface area contributed by atoms with Gasteiger partial charge in [0.2, 0.25) is 0 Å². The second kappa shape index (κ2) is 5.35. The molecular formula is C12H16Cl2FN. The Morgan fingerprint density at radius 1 is 1.38 bits per heavy atom. The topological polar surface area (TPSA) is 3.24 Å². The van der Waals surface area contributed by atoms with Crippen molar-refractivity contribution in [1.29, 1.82) is 0 Å². The van der Waals surface area contributed by atoms with E-state index < -0.39 is 0 Å². The normalized spacial score (nSPS) is 12.2. The molecule has 1 aromatic rings. The number of hydrogen-bond acceptors (Lipinski definition) is 1. The Hall–Kier alpha value is -0.310. The SMILES string of the molecule is CN(Cc1ccc(Cl)c(F)c1)C(C)(C)CCl. The van der Waals surface area contributed by atoms with Gasteiger partial charge in [0, 0.05) is 18.0 Å². The first-order valence-electron chi connectivity index (χ1n) is 5.08. The van der Waals surface area contributed by atoms with Gasteiger partial charge < -0.3 is 0 Å². The summed E-state index contributed by atoms with van der Waals surface area (Å²) in [7, 11) is 1.97. The molecule has 1 aromatic carbocycles. The monoisotopic (exact) mass is 263 g/mol. The summed E-state index contributed by atoms with van der Waals surface area (Å²) in [6.07, 6.45) is 0. The van der Waals surface area contributed by atoms with Gasteiger partial charge in [-0.1, -0.05) is 17.7 Å². The van der Waals surface area contributed by atoms with E-state index in [2.05, 4.69) is 4.90 Å². The Balaban J connectivity index is 2.77. The third-order valence-corrected chi connectivity index (χ3v) is 3.72. The average Bonchev–Trinajstić information content (AvgIpc) is 2.23. The van der Waals surface area contributed by atoms with E-state index in [0.29, 0.717) is 12.4 Å². The molecule has 0 atom stereocenters. The molecule has 0 aliphatic heterocycles. The molecule has 0 aliphatic carbocycles. The highest BCUT2D eigenvalue weighted by molar-refractivity contribution is 6.30. The minimum Gasteiger partial charge on any atom is -0.296 e. The number of hydrogen-bond donors (Lipinski definition) is 0. The molecule has 0 saturated carbocycles. The molecule has 0 aromatic heterocycles. The molecule has 0 aliphatic rings. The summed E-state index contributed by atoms with van der Waals surface area (Å²) in [5, 5.41) is 0.156. The van der Waals surface area contributed by atoms with Gasteiger partial charge in [0.25, 0.3) is 0 Å². The maximum Gasteiger partial charge on any atom is 0.142 e. The van der Waals surface area contributed by atoms with Crippen LogP contribution in [0.2, 0.25) is 5.02 Å². The number of halogens is 3. The number of nitrogens with zero attached hydrogens (tertiary/aromatic N) is 1. The van der Waals surface area contributed by atoms with E-state index in [4.69, 9.17) is 23.2 Å². The van der Waals surface area contributed by atoms with Gasteiger partial charge in [-0.15, -0.1) is 11.6 Å². The maximum absolute atomic E-state index is 13.2. The van der Waals surface area contributed by atoms with Crippen molar-refractivity contribution < 1.29 is 4.39 Å². The molecule has 90 valence electrons. The Kier molecular flexibility index (Phi) is 4.60. The van der Waals surface area contributed by atoms with Crippen LogP contribution in [0.3, 0.4) is 0 Å². The van der Waals surface area contributed by atoms with Gasteiger partial charge in [0.1, 0.15) is 5.82 Å². The summed E-state index contributed by atoms with van der Waals surface area (Å²) in [5.41, 5.74) is 0.778. The third kappa shape index (κ3) is 3.34. The van der Waals surface area contributed by atoms with Crippen molar-refractivity contribution in [2.45, 2.75) is 25.9 Å². The first-order chi connectivity index (χ1) is 7.36. The fourth-order valence-corrected chi connectivity index (χ4v) is 1.55. The molecule has 0 amide bonds. The maximum atomic E-state index is 13.2. The predicted octanol–water partition coefficient (Wildman–Crippen LogP) is 3.93. The lowest BCUT2D eigenvalue weighted by Gasteiger charge is -2.33. The van der Waals surface area contributed by atoms with Gasteiger partial charge in [-0.3, -0.25) is 4.90 Å². The molecule has 0 spiro atoms. The summed E-state index contributed by atoms with van der Waals surface area (Å²) in [4.78, 5) is 2.09. The molecule has 0 radical (unpaired) electrons. The zero-order valence-electron chi connectivity index (χ0n) is 9.73. The second-order valence-corrected chi connectivity index (χ2v) is 5.23. The molecule has 0 N–H and O–H groups in total. The van der Waals surface area contributed by atoms with Crippen LogP contribution in [0.25, 0.3) is 0 Å². The van der Waals surface area contributed by atoms with Crippen molar-refractivity contribution in [3.63, 3.8) is 0 Å². The zero-order valence-corrected chi connectivity index (χ0v) is 11.2. The minimum atomic E-state index is -0.378. The molecule has 0 saturated heterocycles. The van der Waals surface area contributed by atoms with Crippen molar-refractivity contribution in [1.82, 2.24) is 4.90 Å². The van der Waals surface area contributed by atoms with Crippen molar-refractivity contribution in [3.8, 4) is 0 Å². The van der Waals surface area contributed by atoms with Gasteiger partial charge in [0.15, 0.2) is 0 Å². The van der Waals surface area contributed by atoms with Crippen LogP contribution in [0, 0.1) is 5.82 Å². The van der Waals surface area contributed by atoms with Crippen LogP contribution in [-0.4, -0.2) is 23.4 Å². The minimum absolute atomic E-state index is 0.113. The predicted molar refractivity (Wildman–Crippen MR) is 67.7 cm³/mol. The molecule has 0 fully saturated rings. The first kappa shape index (κ1) is 13.8. The van der Waals surface area contributed by atoms with Crippen LogP contribution in [0.1, 0.15) is 19.4 Å². The van der Waals surface area contributed by atoms with Crippen LogP contribution < -0.4 is 0 Å². The van der Waals surface area contributed by atoms with E-state index in [1.54, 1.807) is 6.07 Å². The third-order valence-electron chi connectivity index (χ3n) is 2.76. The van der Waals surface area contributed by atoms with Gasteiger partial charge >= 0.3 is 0 Å². The molecular weight excluding hydrogens is 248 g/mol. The molecule has 1 nitrogen and oxygen atoms in total. The van der Waals surface area contributed by atoms with Gasteiger partial charge in [-0.25, -0.2) is 4.39 Å². The summed E-state index contributed by atoms with van der Waals surface area (Å²) in [6.45, 7) is 4.74. The van der Waals surface area contributed by atoms with E-state index in [1.165, 1.54) is 6.07 Å². The van der Waals surface area contributed by atoms with E-state index in [-0.39, 0.29) is 16.4 Å². The molecule has 0 unspecified atom stereocenters. The smallest absolute Gasteiger partial charge is 0.142 e. The molecule has 0 bridgehead atoms. The van der Waals surface area contributed by atoms with Crippen molar-refractivity contribution in [2.75, 3.05) is 12.9 Å². The zero-order chi connectivity index (χ0) is 12.3. The fraction of sp³-hybridized carbons (Fsp3) is 0.500. The lowest BCUT2D eigenvalue weighted by atomic mass is 10.1. The Bertz CT molecular complexity index is 366. The lowest BCUT2D eigenvalue weighted by molar-refractivity contribution is 0.170. The van der Waals surface area contributed by atoms with E-state index in [1.807, 2.05) is 27.0 Å². The summed E-state index contributed by atoms with van der Waals surface area (Å²) in [6, 6.07) is 4.86. The second-order valence-electron chi connectivity index (χ2n) is 4.55. The van der Waals surface area contributed by atoms with Crippen LogP contribution in [0.5, 0.6) is 0 Å². The van der Waals surface area contributed by atoms with Crippen molar-refractivity contribution in [2.24, 2.45) is 0 Å². The number of benzene rings is 1. The lowest BCUT2D eigenvalue weighted by Crippen LogP contribution is -2.42. The summed E-state index contributed by atoms with van der Waals surface area (Å²) >= 11 is 11.5. The van der Waals surface area contributed by atoms with E-state index in [0.717, 1.165) is 5.56 Å². The van der Waals surface area contributed by atoms with Crippen LogP contribution in [-0.2, 0) is 6.54 Å². The summed E-state index contributed by atoms with van der Waals surface area (Å²) in [5.74, 6) is 0.149. The highest BCUT2D eigenvalue weighted by atomic mass is 35.5. The quantitative estimate of drug-likeness (QED) is 0.745. The highest BCUT2D eigenvalue weighted by Gasteiger charge is 2.22. The Morgan fingerprint density at radius 3 is 2.50 bits per heavy atom. The van der Waals surface area contributed by atoms with Crippen LogP contribution >= 0.6 is 23.2 Å². The summed E-state index contributed by atoms with van der Waals surface area (Å²) < 4.78 is 13.2. The van der Waals surface area contributed by atoms with Gasteiger partial charge in [-0.05, 0) is 38.6 Å². The van der Waals surface area contributed by atoms with Crippen LogP contribution in [0.4, 0.5) is 4.39 Å². The number of rotatable bonds is 4. The Labute approximate surface area is 106 Å². The Morgan fingerprint density at radius 2 is 2.00 bits per heavy atom. The number of alkyl halides is 1. The van der Waals surface area contributed by atoms with Gasteiger partial charge in [0.05, 0.1) is 5.02 Å².